The number of rotatable bonds is 11. The number of fused-ring (bicyclic) bond motifs is 1. The second-order valence-corrected chi connectivity index (χ2v) is 15.6. The van der Waals surface area contributed by atoms with Crippen LogP contribution >= 0.6 is 0 Å². The molecule has 5 heterocycles. The van der Waals surface area contributed by atoms with Crippen LogP contribution in [0.15, 0.2) is 73.1 Å². The Balaban J connectivity index is 0.780. The first kappa shape index (κ1) is 35.6. The predicted molar refractivity (Wildman–Crippen MR) is 206 cm³/mol. The smallest absolute Gasteiger partial charge is 0.410 e. The number of hydrogen-bond acceptors (Lipinski definition) is 10. The number of amides is 5. The van der Waals surface area contributed by atoms with Crippen molar-refractivity contribution in [2.45, 2.75) is 82.0 Å². The van der Waals surface area contributed by atoms with Crippen LogP contribution in [-0.4, -0.2) is 86.0 Å². The minimum absolute atomic E-state index is 0.0846. The Morgan fingerprint density at radius 2 is 1.64 bits per heavy atom. The molecule has 4 fully saturated rings. The number of likely N-dealkylation sites (tertiary alicyclic amines) is 1. The number of piperidine rings is 2. The first-order chi connectivity index (χ1) is 27.3. The molecule has 1 atom stereocenters. The van der Waals surface area contributed by atoms with E-state index in [2.05, 4.69) is 32.9 Å². The van der Waals surface area contributed by atoms with Gasteiger partial charge in [-0.1, -0.05) is 30.3 Å². The molecule has 0 bridgehead atoms. The van der Waals surface area contributed by atoms with E-state index in [0.717, 1.165) is 77.3 Å². The van der Waals surface area contributed by atoms with E-state index in [9.17, 15) is 24.0 Å². The summed E-state index contributed by atoms with van der Waals surface area (Å²) in [4.78, 5) is 70.5. The van der Waals surface area contributed by atoms with Crippen LogP contribution in [0, 0.1) is 5.92 Å². The number of pyridine rings is 1. The van der Waals surface area contributed by atoms with Crippen molar-refractivity contribution < 1.29 is 28.7 Å². The molecule has 3 aliphatic heterocycles. The molecule has 5 amide bonds. The topological polar surface area (TPSA) is 168 Å². The second kappa shape index (κ2) is 14.9. The quantitative estimate of drug-likeness (QED) is 0.166. The average molecular weight is 757 g/mol. The number of ether oxygens (including phenoxy) is 1. The molecule has 3 N–H and O–H groups in total. The van der Waals surface area contributed by atoms with Crippen LogP contribution < -0.4 is 16.0 Å². The van der Waals surface area contributed by atoms with Crippen LogP contribution in [0.4, 0.5) is 16.2 Å². The minimum Gasteiger partial charge on any atom is -0.445 e. The van der Waals surface area contributed by atoms with E-state index in [4.69, 9.17) is 14.8 Å². The van der Waals surface area contributed by atoms with Crippen molar-refractivity contribution in [1.82, 2.24) is 29.9 Å². The summed E-state index contributed by atoms with van der Waals surface area (Å²) in [6.45, 7) is 2.26. The van der Waals surface area contributed by atoms with Crippen LogP contribution in [0.3, 0.4) is 0 Å². The Bertz CT molecular complexity index is 2190. The number of nitrogens with zero attached hydrogens (tertiary/aromatic N) is 5. The Morgan fingerprint density at radius 3 is 2.41 bits per heavy atom. The Labute approximate surface area is 324 Å². The normalized spacial score (nSPS) is 22.4. The van der Waals surface area contributed by atoms with Crippen molar-refractivity contribution in [3.63, 3.8) is 0 Å². The second-order valence-electron chi connectivity index (χ2n) is 15.6. The molecule has 5 aliphatic rings. The van der Waals surface area contributed by atoms with Crippen LogP contribution in [-0.2, 0) is 20.9 Å². The summed E-state index contributed by atoms with van der Waals surface area (Å²) in [7, 11) is 0. The predicted octanol–water partition coefficient (Wildman–Crippen LogP) is 5.50. The van der Waals surface area contributed by atoms with Crippen molar-refractivity contribution in [1.29, 1.82) is 0 Å². The number of anilines is 2. The van der Waals surface area contributed by atoms with Gasteiger partial charge in [-0.3, -0.25) is 39.1 Å². The zero-order valence-electron chi connectivity index (χ0n) is 31.0. The number of benzene rings is 2. The average Bonchev–Trinajstić information content (AvgIpc) is 3.90. The number of imide groups is 2. The fourth-order valence-electron chi connectivity index (χ4n) is 8.29. The molecule has 4 aromatic rings. The third-order valence-electron chi connectivity index (χ3n) is 11.7. The molecule has 1 unspecified atom stereocenters. The Morgan fingerprint density at radius 1 is 0.857 bits per heavy atom. The lowest BCUT2D eigenvalue weighted by atomic mass is 9.80. The van der Waals surface area contributed by atoms with Gasteiger partial charge in [-0.15, -0.1) is 0 Å². The van der Waals surface area contributed by atoms with E-state index in [-0.39, 0.29) is 48.8 Å². The monoisotopic (exact) mass is 756 g/mol. The van der Waals surface area contributed by atoms with E-state index in [0.29, 0.717) is 31.5 Å². The van der Waals surface area contributed by atoms with Gasteiger partial charge in [-0.2, -0.15) is 5.10 Å². The molecule has 2 aliphatic carbocycles. The highest BCUT2D eigenvalue weighted by atomic mass is 16.6. The van der Waals surface area contributed by atoms with Crippen molar-refractivity contribution in [2.24, 2.45) is 5.92 Å². The highest BCUT2D eigenvalue weighted by Crippen LogP contribution is 2.46. The maximum Gasteiger partial charge on any atom is 0.410 e. The summed E-state index contributed by atoms with van der Waals surface area (Å²) < 4.78 is 7.66. The van der Waals surface area contributed by atoms with E-state index in [1.165, 1.54) is 0 Å². The molecular weight excluding hydrogens is 713 g/mol. The summed E-state index contributed by atoms with van der Waals surface area (Å²) in [5, 5.41) is 14.5. The molecule has 14 heteroatoms. The molecule has 2 saturated carbocycles. The van der Waals surface area contributed by atoms with Gasteiger partial charge in [0.2, 0.25) is 11.8 Å². The van der Waals surface area contributed by atoms with Gasteiger partial charge in [0.15, 0.2) is 0 Å². The van der Waals surface area contributed by atoms with E-state index in [1.54, 1.807) is 23.1 Å². The molecule has 14 nitrogen and oxygen atoms in total. The highest BCUT2D eigenvalue weighted by molar-refractivity contribution is 6.23. The molecule has 0 spiro atoms. The number of carbonyl (C=O) groups is 5. The van der Waals surface area contributed by atoms with Gasteiger partial charge in [-0.25, -0.2) is 4.79 Å². The fraction of sp³-hybridized carbons (Fsp3) is 0.405. The number of nitrogens with one attached hydrogen (secondary N) is 3. The van der Waals surface area contributed by atoms with Crippen LogP contribution in [0.25, 0.3) is 11.3 Å². The van der Waals surface area contributed by atoms with Crippen LogP contribution in [0.2, 0.25) is 0 Å². The number of hydrogen-bond donors (Lipinski definition) is 3. The van der Waals surface area contributed by atoms with Gasteiger partial charge in [0.1, 0.15) is 12.6 Å². The third-order valence-corrected chi connectivity index (χ3v) is 11.7. The van der Waals surface area contributed by atoms with Gasteiger partial charge in [-0.05, 0) is 86.8 Å². The lowest BCUT2D eigenvalue weighted by Crippen LogP contribution is -2.54. The summed E-state index contributed by atoms with van der Waals surface area (Å²) in [6, 6.07) is 18.5. The molecule has 288 valence electrons. The van der Waals surface area contributed by atoms with Crippen molar-refractivity contribution in [3.8, 4) is 11.3 Å². The maximum absolute atomic E-state index is 13.2. The summed E-state index contributed by atoms with van der Waals surface area (Å²) in [6.07, 6.45) is 9.78. The van der Waals surface area contributed by atoms with Gasteiger partial charge < -0.3 is 20.3 Å². The van der Waals surface area contributed by atoms with Gasteiger partial charge in [0.05, 0.1) is 28.6 Å². The molecule has 56 heavy (non-hydrogen) atoms. The first-order valence-corrected chi connectivity index (χ1v) is 19.6. The molecule has 2 aromatic heterocycles. The van der Waals surface area contributed by atoms with Crippen molar-refractivity contribution in [3.05, 3.63) is 95.4 Å². The molecule has 2 aromatic carbocycles. The van der Waals surface area contributed by atoms with E-state index >= 15 is 0 Å². The zero-order chi connectivity index (χ0) is 38.3. The fourth-order valence-corrected chi connectivity index (χ4v) is 8.29. The van der Waals surface area contributed by atoms with Crippen molar-refractivity contribution >= 4 is 41.1 Å². The SMILES string of the molecule is O=C1CCC(N2C(=O)c3ccc(NC[C@H]4C[C@H](n5cc(-c6cc(NC7CCN(C(=O)OCc8ccccc8)CC7)ccn6)c(C6CC6)n5)C4)cc3C2=O)C(=O)N1. The maximum atomic E-state index is 13.2. The molecular formula is C42H44N8O6. The highest BCUT2D eigenvalue weighted by Gasteiger charge is 2.45. The largest absolute Gasteiger partial charge is 0.445 e. The summed E-state index contributed by atoms with van der Waals surface area (Å²) in [5.74, 6) is -1.17. The van der Waals surface area contributed by atoms with Crippen LogP contribution in [0.5, 0.6) is 0 Å². The van der Waals surface area contributed by atoms with E-state index in [1.807, 2.05) is 42.6 Å². The zero-order valence-corrected chi connectivity index (χ0v) is 31.0. The van der Waals surface area contributed by atoms with Gasteiger partial charge in [0.25, 0.3) is 11.8 Å². The standard InChI is InChI=1S/C42H44N8O6/c51-37-11-10-36(39(52)46-37)50-40(53)32-9-8-29(20-33(32)41(50)54)44-22-26-18-31(19-26)49-23-34(38(47-49)27-6-7-27)35-21-30(12-15-43-35)45-28-13-16-48(17-14-28)42(55)56-24-25-4-2-1-3-5-25/h1-5,8-9,12,15,20-21,23,26-28,31,36,44H,6-7,10-11,13-14,16-19,22,24H2,(H,43,45)(H,46,51,52)/t26-,31-,36?. The third kappa shape index (κ3) is 7.23. The Kier molecular flexibility index (Phi) is 9.47. The lowest BCUT2D eigenvalue weighted by molar-refractivity contribution is -0.136. The van der Waals surface area contributed by atoms with Crippen molar-refractivity contribution in [2.75, 3.05) is 30.3 Å². The summed E-state index contributed by atoms with van der Waals surface area (Å²) in [5.41, 5.74) is 6.35. The lowest BCUT2D eigenvalue weighted by Gasteiger charge is -2.35. The molecule has 9 rings (SSSR count). The van der Waals surface area contributed by atoms with Gasteiger partial charge >= 0.3 is 6.09 Å². The molecule has 2 saturated heterocycles. The van der Waals surface area contributed by atoms with E-state index < -0.39 is 29.7 Å². The Hall–Kier alpha value is -6.05. The van der Waals surface area contributed by atoms with Crippen LogP contribution in [0.1, 0.15) is 95.3 Å². The number of carbonyl (C=O) groups excluding carboxylic acids is 5. The first-order valence-electron chi connectivity index (χ1n) is 19.6. The summed E-state index contributed by atoms with van der Waals surface area (Å²) >= 11 is 0. The minimum atomic E-state index is -0.984. The number of aromatic nitrogens is 3. The van der Waals surface area contributed by atoms with Gasteiger partial charge in [0, 0.05) is 67.3 Å². The molecule has 0 radical (unpaired) electrons.